The van der Waals surface area contributed by atoms with Crippen LogP contribution in [0.3, 0.4) is 0 Å². The third kappa shape index (κ3) is 4.84. The molecule has 4 heteroatoms. The summed E-state index contributed by atoms with van der Waals surface area (Å²) in [6.45, 7) is 7.46. The van der Waals surface area contributed by atoms with Crippen LogP contribution in [0.4, 0.5) is 0 Å². The van der Waals surface area contributed by atoms with Crippen molar-refractivity contribution in [1.82, 2.24) is 9.80 Å². The molecule has 0 radical (unpaired) electrons. The quantitative estimate of drug-likeness (QED) is 0.673. The van der Waals surface area contributed by atoms with E-state index in [0.717, 1.165) is 38.6 Å². The monoisotopic (exact) mass is 257 g/mol. The highest BCUT2D eigenvalue weighted by atomic mass is 16.5. The van der Waals surface area contributed by atoms with Crippen molar-refractivity contribution in [2.75, 3.05) is 46.9 Å². The summed E-state index contributed by atoms with van der Waals surface area (Å²) in [6, 6.07) is 1.25. The first-order valence-electron chi connectivity index (χ1n) is 7.36. The first-order valence-corrected chi connectivity index (χ1v) is 7.36. The van der Waals surface area contributed by atoms with Gasteiger partial charge < -0.3 is 10.5 Å². The Bertz CT molecular complexity index is 213. The normalized spacial score (nSPS) is 22.8. The molecule has 1 fully saturated rings. The summed E-state index contributed by atoms with van der Waals surface area (Å²) in [4.78, 5) is 5.07. The Kier molecular flexibility index (Phi) is 7.82. The second-order valence-corrected chi connectivity index (χ2v) is 5.40. The summed E-state index contributed by atoms with van der Waals surface area (Å²) in [5.74, 6) is 0. The van der Waals surface area contributed by atoms with Crippen molar-refractivity contribution < 1.29 is 4.74 Å². The summed E-state index contributed by atoms with van der Waals surface area (Å²) in [7, 11) is 4.02. The van der Waals surface area contributed by atoms with Gasteiger partial charge in [0.15, 0.2) is 0 Å². The first kappa shape index (κ1) is 15.9. The lowest BCUT2D eigenvalue weighted by Gasteiger charge is -2.33. The van der Waals surface area contributed by atoms with Crippen LogP contribution in [0.25, 0.3) is 0 Å². The standard InChI is InChI=1S/C14H31N3O/c1-4-17-10-6-8-13(17)11-16(2)14(12-18-3)7-5-9-15/h13-14H,4-12,15H2,1-3H3. The molecule has 0 spiro atoms. The fraction of sp³-hybridized carbons (Fsp3) is 1.00. The maximum atomic E-state index is 5.61. The van der Waals surface area contributed by atoms with Gasteiger partial charge in [-0.05, 0) is 52.4 Å². The second-order valence-electron chi connectivity index (χ2n) is 5.40. The third-order valence-electron chi connectivity index (χ3n) is 4.13. The van der Waals surface area contributed by atoms with Crippen LogP contribution in [0.5, 0.6) is 0 Å². The Labute approximate surface area is 112 Å². The smallest absolute Gasteiger partial charge is 0.0617 e. The summed E-state index contributed by atoms with van der Waals surface area (Å²) < 4.78 is 5.34. The van der Waals surface area contributed by atoms with E-state index in [-0.39, 0.29) is 0 Å². The summed E-state index contributed by atoms with van der Waals surface area (Å²) in [5, 5.41) is 0. The van der Waals surface area contributed by atoms with E-state index in [4.69, 9.17) is 10.5 Å². The van der Waals surface area contributed by atoms with Crippen molar-refractivity contribution in [2.24, 2.45) is 5.73 Å². The maximum Gasteiger partial charge on any atom is 0.0617 e. The van der Waals surface area contributed by atoms with Gasteiger partial charge in [-0.15, -0.1) is 0 Å². The maximum absolute atomic E-state index is 5.61. The van der Waals surface area contributed by atoms with Gasteiger partial charge in [-0.25, -0.2) is 0 Å². The Balaban J connectivity index is 2.41. The molecule has 0 saturated carbocycles. The number of hydrogen-bond acceptors (Lipinski definition) is 4. The van der Waals surface area contributed by atoms with Gasteiger partial charge in [-0.1, -0.05) is 6.92 Å². The van der Waals surface area contributed by atoms with Crippen LogP contribution in [-0.2, 0) is 4.74 Å². The Morgan fingerprint density at radius 1 is 1.50 bits per heavy atom. The molecule has 0 bridgehead atoms. The van der Waals surface area contributed by atoms with Crippen LogP contribution in [0.15, 0.2) is 0 Å². The second kappa shape index (κ2) is 8.86. The molecule has 1 rings (SSSR count). The van der Waals surface area contributed by atoms with Crippen LogP contribution < -0.4 is 5.73 Å². The number of nitrogens with two attached hydrogens (primary N) is 1. The fourth-order valence-electron chi connectivity index (χ4n) is 2.98. The van der Waals surface area contributed by atoms with Gasteiger partial charge in [-0.2, -0.15) is 0 Å². The van der Waals surface area contributed by atoms with Gasteiger partial charge in [0.1, 0.15) is 0 Å². The molecule has 0 aromatic carbocycles. The van der Waals surface area contributed by atoms with E-state index in [0.29, 0.717) is 6.04 Å². The van der Waals surface area contributed by atoms with Gasteiger partial charge in [0.25, 0.3) is 0 Å². The molecule has 0 aliphatic carbocycles. The van der Waals surface area contributed by atoms with Crippen molar-refractivity contribution in [1.29, 1.82) is 0 Å². The zero-order chi connectivity index (χ0) is 13.4. The van der Waals surface area contributed by atoms with Crippen molar-refractivity contribution >= 4 is 0 Å². The number of nitrogens with zero attached hydrogens (tertiary/aromatic N) is 2. The Morgan fingerprint density at radius 3 is 2.89 bits per heavy atom. The van der Waals surface area contributed by atoms with Crippen LogP contribution >= 0.6 is 0 Å². The molecule has 2 unspecified atom stereocenters. The van der Waals surface area contributed by atoms with E-state index < -0.39 is 0 Å². The zero-order valence-corrected chi connectivity index (χ0v) is 12.4. The van der Waals surface area contributed by atoms with Crippen LogP contribution in [0.1, 0.15) is 32.6 Å². The van der Waals surface area contributed by atoms with Crippen molar-refractivity contribution in [3.63, 3.8) is 0 Å². The van der Waals surface area contributed by atoms with Crippen LogP contribution in [-0.4, -0.2) is 68.8 Å². The summed E-state index contributed by atoms with van der Waals surface area (Å²) in [6.07, 6.45) is 4.92. The molecule has 1 saturated heterocycles. The van der Waals surface area contributed by atoms with E-state index in [9.17, 15) is 0 Å². The topological polar surface area (TPSA) is 41.7 Å². The Morgan fingerprint density at radius 2 is 2.28 bits per heavy atom. The minimum atomic E-state index is 0.512. The van der Waals surface area contributed by atoms with E-state index in [1.54, 1.807) is 7.11 Å². The lowest BCUT2D eigenvalue weighted by atomic mass is 10.1. The van der Waals surface area contributed by atoms with E-state index in [1.807, 2.05) is 0 Å². The number of likely N-dealkylation sites (tertiary alicyclic amines) is 1. The Hall–Kier alpha value is -0.160. The molecular weight excluding hydrogens is 226 g/mol. The largest absolute Gasteiger partial charge is 0.383 e. The van der Waals surface area contributed by atoms with Crippen molar-refractivity contribution in [3.8, 4) is 0 Å². The average Bonchev–Trinajstić information content (AvgIpc) is 2.81. The van der Waals surface area contributed by atoms with E-state index in [2.05, 4.69) is 23.8 Å². The summed E-state index contributed by atoms with van der Waals surface area (Å²) in [5.41, 5.74) is 5.61. The van der Waals surface area contributed by atoms with Crippen LogP contribution in [0.2, 0.25) is 0 Å². The van der Waals surface area contributed by atoms with Crippen molar-refractivity contribution in [3.05, 3.63) is 0 Å². The third-order valence-corrected chi connectivity index (χ3v) is 4.13. The average molecular weight is 257 g/mol. The number of hydrogen-bond donors (Lipinski definition) is 1. The number of ether oxygens (including phenoxy) is 1. The molecule has 2 N–H and O–H groups in total. The molecule has 18 heavy (non-hydrogen) atoms. The highest BCUT2D eigenvalue weighted by Crippen LogP contribution is 2.18. The number of methoxy groups -OCH3 is 1. The molecular formula is C14H31N3O. The minimum Gasteiger partial charge on any atom is -0.383 e. The van der Waals surface area contributed by atoms with Gasteiger partial charge in [0, 0.05) is 25.7 Å². The fourth-order valence-corrected chi connectivity index (χ4v) is 2.98. The first-order chi connectivity index (χ1) is 8.72. The minimum absolute atomic E-state index is 0.512. The SMILES string of the molecule is CCN1CCCC1CN(C)C(CCCN)COC. The van der Waals surface area contributed by atoms with Crippen molar-refractivity contribution in [2.45, 2.75) is 44.7 Å². The van der Waals surface area contributed by atoms with Crippen LogP contribution in [0, 0.1) is 0 Å². The van der Waals surface area contributed by atoms with Gasteiger partial charge in [0.05, 0.1) is 6.61 Å². The predicted molar refractivity (Wildman–Crippen MR) is 76.9 cm³/mol. The van der Waals surface area contributed by atoms with Gasteiger partial charge >= 0.3 is 0 Å². The van der Waals surface area contributed by atoms with Gasteiger partial charge in [-0.3, -0.25) is 9.80 Å². The van der Waals surface area contributed by atoms with E-state index in [1.165, 1.54) is 25.9 Å². The molecule has 1 aliphatic rings. The zero-order valence-electron chi connectivity index (χ0n) is 12.4. The molecule has 1 aliphatic heterocycles. The molecule has 0 aromatic rings. The highest BCUT2D eigenvalue weighted by molar-refractivity contribution is 4.82. The van der Waals surface area contributed by atoms with E-state index >= 15 is 0 Å². The molecule has 4 nitrogen and oxygen atoms in total. The molecule has 0 amide bonds. The molecule has 1 heterocycles. The highest BCUT2D eigenvalue weighted by Gasteiger charge is 2.26. The lowest BCUT2D eigenvalue weighted by Crippen LogP contribution is -2.44. The number of rotatable bonds is 9. The molecule has 108 valence electrons. The number of likely N-dealkylation sites (N-methyl/N-ethyl adjacent to an activating group) is 2. The molecule has 2 atom stereocenters. The summed E-state index contributed by atoms with van der Waals surface area (Å²) >= 11 is 0. The predicted octanol–water partition coefficient (Wildman–Crippen LogP) is 1.16. The van der Waals surface area contributed by atoms with Gasteiger partial charge in [0.2, 0.25) is 0 Å². The lowest BCUT2D eigenvalue weighted by molar-refractivity contribution is 0.0829. The molecule has 0 aromatic heterocycles.